The van der Waals surface area contributed by atoms with Crippen LogP contribution in [-0.2, 0) is 0 Å². The van der Waals surface area contributed by atoms with Gasteiger partial charge in [0.15, 0.2) is 0 Å². The summed E-state index contributed by atoms with van der Waals surface area (Å²) in [5, 5.41) is 0.441. The molecule has 106 valence electrons. The van der Waals surface area contributed by atoms with Crippen LogP contribution in [0.25, 0.3) is 0 Å². The molecule has 1 heterocycles. The highest BCUT2D eigenvalue weighted by atomic mass is 35.5. The minimum absolute atomic E-state index is 0.0681. The number of likely N-dealkylation sites (tertiary alicyclic amines) is 1. The molecule has 0 aliphatic carbocycles. The van der Waals surface area contributed by atoms with Crippen molar-refractivity contribution in [3.8, 4) is 0 Å². The van der Waals surface area contributed by atoms with E-state index in [2.05, 4.69) is 11.8 Å². The number of rotatable bonds is 3. The van der Waals surface area contributed by atoms with E-state index >= 15 is 0 Å². The lowest BCUT2D eigenvalue weighted by atomic mass is 10.0. The van der Waals surface area contributed by atoms with Gasteiger partial charge < -0.3 is 5.73 Å². The monoisotopic (exact) mass is 284 g/mol. The number of hydrogen-bond acceptors (Lipinski definition) is 2. The molecule has 2 N–H and O–H groups in total. The van der Waals surface area contributed by atoms with Crippen LogP contribution in [0.1, 0.15) is 37.8 Å². The Hall–Kier alpha value is -0.640. The van der Waals surface area contributed by atoms with Crippen molar-refractivity contribution in [1.29, 1.82) is 0 Å². The number of hydrogen-bond donors (Lipinski definition) is 1. The third-order valence-corrected chi connectivity index (χ3v) is 4.20. The first-order valence-electron chi connectivity index (χ1n) is 7.00. The lowest BCUT2D eigenvalue weighted by Crippen LogP contribution is -2.34. The minimum atomic E-state index is -0.288. The molecule has 1 aliphatic heterocycles. The summed E-state index contributed by atoms with van der Waals surface area (Å²) in [6.45, 7) is 4.84. The molecule has 0 bridgehead atoms. The zero-order valence-electron chi connectivity index (χ0n) is 11.4. The van der Waals surface area contributed by atoms with Crippen molar-refractivity contribution >= 4 is 11.6 Å². The summed E-state index contributed by atoms with van der Waals surface area (Å²) in [5.41, 5.74) is 6.81. The molecule has 2 nitrogen and oxygen atoms in total. The van der Waals surface area contributed by atoms with E-state index in [1.54, 1.807) is 6.07 Å². The Morgan fingerprint density at radius 1 is 1.37 bits per heavy atom. The molecule has 1 saturated heterocycles. The summed E-state index contributed by atoms with van der Waals surface area (Å²) in [6, 6.07) is 4.79. The Morgan fingerprint density at radius 2 is 2.16 bits per heavy atom. The van der Waals surface area contributed by atoms with Crippen LogP contribution in [0.4, 0.5) is 4.39 Å². The lowest BCUT2D eigenvalue weighted by molar-refractivity contribution is 0.207. The average molecular weight is 285 g/mol. The van der Waals surface area contributed by atoms with Gasteiger partial charge in [0.05, 0.1) is 0 Å². The molecule has 0 radical (unpaired) electrons. The van der Waals surface area contributed by atoms with Crippen LogP contribution >= 0.6 is 11.6 Å². The summed E-state index contributed by atoms with van der Waals surface area (Å²) >= 11 is 5.95. The molecule has 2 unspecified atom stereocenters. The summed E-state index contributed by atoms with van der Waals surface area (Å²) in [6.07, 6.45) is 3.62. The van der Waals surface area contributed by atoms with Gasteiger partial charge in [-0.25, -0.2) is 4.39 Å². The molecule has 1 fully saturated rings. The molecule has 0 saturated carbocycles. The van der Waals surface area contributed by atoms with Gasteiger partial charge in [-0.2, -0.15) is 0 Å². The minimum Gasteiger partial charge on any atom is -0.329 e. The van der Waals surface area contributed by atoms with Crippen LogP contribution < -0.4 is 5.73 Å². The van der Waals surface area contributed by atoms with Crippen molar-refractivity contribution in [2.24, 2.45) is 11.7 Å². The fraction of sp³-hybridized carbons (Fsp3) is 0.600. The normalized spacial score (nSPS) is 23.1. The van der Waals surface area contributed by atoms with Gasteiger partial charge in [0, 0.05) is 17.6 Å². The average Bonchev–Trinajstić information content (AvgIpc) is 2.54. The van der Waals surface area contributed by atoms with E-state index in [-0.39, 0.29) is 11.9 Å². The maximum atomic E-state index is 13.5. The van der Waals surface area contributed by atoms with Crippen LogP contribution in [0.15, 0.2) is 18.2 Å². The molecule has 0 spiro atoms. The molecule has 0 amide bonds. The summed E-state index contributed by atoms with van der Waals surface area (Å²) < 4.78 is 13.5. The molecular weight excluding hydrogens is 263 g/mol. The molecule has 1 aromatic carbocycles. The van der Waals surface area contributed by atoms with E-state index in [9.17, 15) is 4.39 Å². The lowest BCUT2D eigenvalue weighted by Gasteiger charge is -2.30. The highest BCUT2D eigenvalue weighted by Crippen LogP contribution is 2.27. The first-order valence-corrected chi connectivity index (χ1v) is 7.38. The Balaban J connectivity index is 2.18. The molecule has 2 atom stereocenters. The molecule has 0 aromatic heterocycles. The van der Waals surface area contributed by atoms with E-state index < -0.39 is 0 Å². The molecule has 19 heavy (non-hydrogen) atoms. The standard InChI is InChI=1S/C15H22ClFN2/c1-11-3-2-5-19(6-4-11)15(10-18)12-7-13(16)9-14(17)8-12/h7-9,11,15H,2-6,10,18H2,1H3. The van der Waals surface area contributed by atoms with Crippen molar-refractivity contribution < 1.29 is 4.39 Å². The Bertz CT molecular complexity index is 404. The van der Waals surface area contributed by atoms with Gasteiger partial charge in [0.2, 0.25) is 0 Å². The third kappa shape index (κ3) is 3.91. The second-order valence-corrected chi connectivity index (χ2v) is 5.96. The number of nitrogens with zero attached hydrogens (tertiary/aromatic N) is 1. The van der Waals surface area contributed by atoms with Crippen molar-refractivity contribution in [3.63, 3.8) is 0 Å². The fourth-order valence-electron chi connectivity index (χ4n) is 2.86. The summed E-state index contributed by atoms with van der Waals surface area (Å²) in [5.74, 6) is 0.476. The van der Waals surface area contributed by atoms with E-state index in [1.165, 1.54) is 25.3 Å². The Labute approximate surface area is 119 Å². The van der Waals surface area contributed by atoms with Crippen LogP contribution in [-0.4, -0.2) is 24.5 Å². The molecule has 1 aliphatic rings. The van der Waals surface area contributed by atoms with Crippen LogP contribution in [0.2, 0.25) is 5.02 Å². The predicted molar refractivity (Wildman–Crippen MR) is 77.8 cm³/mol. The first kappa shape index (κ1) is 14.8. The van der Waals surface area contributed by atoms with E-state index in [0.29, 0.717) is 11.6 Å². The van der Waals surface area contributed by atoms with E-state index in [0.717, 1.165) is 24.6 Å². The number of halogens is 2. The molecule has 4 heteroatoms. The SMILES string of the molecule is CC1CCCN(C(CN)c2cc(F)cc(Cl)c2)CC1. The second-order valence-electron chi connectivity index (χ2n) is 5.53. The smallest absolute Gasteiger partial charge is 0.125 e. The zero-order chi connectivity index (χ0) is 13.8. The van der Waals surface area contributed by atoms with E-state index in [1.807, 2.05) is 6.07 Å². The Morgan fingerprint density at radius 3 is 2.84 bits per heavy atom. The van der Waals surface area contributed by atoms with Crippen LogP contribution in [0, 0.1) is 11.7 Å². The van der Waals surface area contributed by atoms with E-state index in [4.69, 9.17) is 17.3 Å². The van der Waals surface area contributed by atoms with Crippen LogP contribution in [0.5, 0.6) is 0 Å². The van der Waals surface area contributed by atoms with Crippen LogP contribution in [0.3, 0.4) is 0 Å². The largest absolute Gasteiger partial charge is 0.329 e. The van der Waals surface area contributed by atoms with Crippen molar-refractivity contribution in [2.75, 3.05) is 19.6 Å². The van der Waals surface area contributed by atoms with Gasteiger partial charge in [-0.05, 0) is 62.0 Å². The maximum Gasteiger partial charge on any atom is 0.125 e. The second kappa shape index (κ2) is 6.69. The summed E-state index contributed by atoms with van der Waals surface area (Å²) in [4.78, 5) is 2.37. The van der Waals surface area contributed by atoms with Crippen molar-refractivity contribution in [1.82, 2.24) is 4.90 Å². The molecule has 1 aromatic rings. The van der Waals surface area contributed by atoms with Gasteiger partial charge in [-0.1, -0.05) is 18.5 Å². The Kier molecular flexibility index (Phi) is 5.20. The maximum absolute atomic E-state index is 13.5. The van der Waals surface area contributed by atoms with Gasteiger partial charge in [0.25, 0.3) is 0 Å². The topological polar surface area (TPSA) is 29.3 Å². The quantitative estimate of drug-likeness (QED) is 0.919. The molecular formula is C15H22ClFN2. The van der Waals surface area contributed by atoms with Gasteiger partial charge in [-0.3, -0.25) is 4.90 Å². The first-order chi connectivity index (χ1) is 9.10. The van der Waals surface area contributed by atoms with Gasteiger partial charge >= 0.3 is 0 Å². The van der Waals surface area contributed by atoms with Crippen molar-refractivity contribution in [3.05, 3.63) is 34.6 Å². The third-order valence-electron chi connectivity index (χ3n) is 3.99. The zero-order valence-corrected chi connectivity index (χ0v) is 12.2. The fourth-order valence-corrected chi connectivity index (χ4v) is 3.09. The number of benzene rings is 1. The van der Waals surface area contributed by atoms with Gasteiger partial charge in [0.1, 0.15) is 5.82 Å². The molecule has 2 rings (SSSR count). The van der Waals surface area contributed by atoms with Crippen molar-refractivity contribution in [2.45, 2.75) is 32.2 Å². The number of nitrogens with two attached hydrogens (primary N) is 1. The predicted octanol–water partition coefficient (Wildman–Crippen LogP) is 3.60. The highest BCUT2D eigenvalue weighted by Gasteiger charge is 2.22. The summed E-state index contributed by atoms with van der Waals surface area (Å²) in [7, 11) is 0. The highest BCUT2D eigenvalue weighted by molar-refractivity contribution is 6.30. The van der Waals surface area contributed by atoms with Gasteiger partial charge in [-0.15, -0.1) is 0 Å².